The van der Waals surface area contributed by atoms with Gasteiger partial charge >= 0.3 is 0 Å². The number of allylic oxidation sites excluding steroid dienone is 1. The second-order valence-electron chi connectivity index (χ2n) is 8.85. The molecule has 146 valence electrons. The molecule has 2 rings (SSSR count). The molecule has 2 heteroatoms. The van der Waals surface area contributed by atoms with E-state index in [1.54, 1.807) is 0 Å². The maximum atomic E-state index is 12.2. The predicted molar refractivity (Wildman–Crippen MR) is 104 cm³/mol. The van der Waals surface area contributed by atoms with Crippen molar-refractivity contribution in [2.24, 2.45) is 23.7 Å². The first-order valence-electron chi connectivity index (χ1n) is 11.2. The normalized spacial score (nSPS) is 30.2. The Kier molecular flexibility index (Phi) is 10.1. The van der Waals surface area contributed by atoms with Gasteiger partial charge < -0.3 is 0 Å². The molecule has 0 nitrogen and oxygen atoms in total. The minimum absolute atomic E-state index is 0.516. The van der Waals surface area contributed by atoms with E-state index >= 15 is 0 Å². The SMILES string of the molecule is CCCCCCCC[C@H]1CC[C@H](C2CCC(CC=C(F)F)CC2)CC1. The molecule has 2 fully saturated rings. The van der Waals surface area contributed by atoms with Gasteiger partial charge in [-0.15, -0.1) is 0 Å². The molecule has 0 saturated heterocycles. The van der Waals surface area contributed by atoms with E-state index in [2.05, 4.69) is 6.92 Å². The highest BCUT2D eigenvalue weighted by molar-refractivity contribution is 4.87. The summed E-state index contributed by atoms with van der Waals surface area (Å²) < 4.78 is 24.4. The summed E-state index contributed by atoms with van der Waals surface area (Å²) in [6, 6.07) is 0. The van der Waals surface area contributed by atoms with Gasteiger partial charge in [-0.25, -0.2) is 0 Å². The van der Waals surface area contributed by atoms with Crippen molar-refractivity contribution in [3.63, 3.8) is 0 Å². The van der Waals surface area contributed by atoms with Crippen LogP contribution in [0.25, 0.3) is 0 Å². The summed E-state index contributed by atoms with van der Waals surface area (Å²) in [5.74, 6) is 3.35. The summed E-state index contributed by atoms with van der Waals surface area (Å²) in [5.41, 5.74) is 0. The number of hydrogen-bond acceptors (Lipinski definition) is 0. The van der Waals surface area contributed by atoms with E-state index in [-0.39, 0.29) is 0 Å². The highest BCUT2D eigenvalue weighted by Gasteiger charge is 2.30. The van der Waals surface area contributed by atoms with E-state index in [0.29, 0.717) is 12.3 Å². The molecule has 0 unspecified atom stereocenters. The van der Waals surface area contributed by atoms with Crippen LogP contribution in [-0.2, 0) is 0 Å². The van der Waals surface area contributed by atoms with Crippen molar-refractivity contribution >= 4 is 0 Å². The Bertz CT molecular complexity index is 356. The maximum Gasteiger partial charge on any atom is 0.266 e. The zero-order valence-electron chi connectivity index (χ0n) is 16.5. The molecule has 25 heavy (non-hydrogen) atoms. The lowest BCUT2D eigenvalue weighted by Crippen LogP contribution is -2.25. The predicted octanol–water partition coefficient (Wildman–Crippen LogP) is 8.52. The van der Waals surface area contributed by atoms with Gasteiger partial charge in [0.1, 0.15) is 0 Å². The van der Waals surface area contributed by atoms with E-state index in [1.165, 1.54) is 96.3 Å². The van der Waals surface area contributed by atoms with Gasteiger partial charge in [-0.1, -0.05) is 64.7 Å². The van der Waals surface area contributed by atoms with Crippen LogP contribution in [0.1, 0.15) is 110 Å². The summed E-state index contributed by atoms with van der Waals surface area (Å²) in [5, 5.41) is 0. The van der Waals surface area contributed by atoms with E-state index in [4.69, 9.17) is 0 Å². The molecule has 0 aliphatic heterocycles. The van der Waals surface area contributed by atoms with Crippen LogP contribution in [0.3, 0.4) is 0 Å². The molecule has 0 amide bonds. The first-order chi connectivity index (χ1) is 12.2. The fourth-order valence-electron chi connectivity index (χ4n) is 5.31. The van der Waals surface area contributed by atoms with Crippen molar-refractivity contribution in [1.82, 2.24) is 0 Å². The van der Waals surface area contributed by atoms with Gasteiger partial charge in [0.05, 0.1) is 0 Å². The quantitative estimate of drug-likeness (QED) is 0.345. The van der Waals surface area contributed by atoms with Crippen LogP contribution in [0.5, 0.6) is 0 Å². The highest BCUT2D eigenvalue weighted by Crippen LogP contribution is 2.43. The second-order valence-corrected chi connectivity index (χ2v) is 8.85. The zero-order chi connectivity index (χ0) is 17.9. The molecule has 0 bridgehead atoms. The largest absolute Gasteiger partial charge is 0.266 e. The Hall–Kier alpha value is -0.400. The van der Waals surface area contributed by atoms with Gasteiger partial charge in [0.25, 0.3) is 6.08 Å². The minimum atomic E-state index is -1.49. The summed E-state index contributed by atoms with van der Waals surface area (Å²) in [6.07, 6.45) is 20.9. The minimum Gasteiger partial charge on any atom is -0.174 e. The van der Waals surface area contributed by atoms with Crippen LogP contribution in [0.2, 0.25) is 0 Å². The molecule has 2 aliphatic rings. The lowest BCUT2D eigenvalue weighted by atomic mass is 9.68. The number of hydrogen-bond donors (Lipinski definition) is 0. The van der Waals surface area contributed by atoms with Gasteiger partial charge in [-0.05, 0) is 74.7 Å². The van der Waals surface area contributed by atoms with E-state index < -0.39 is 6.08 Å². The monoisotopic (exact) mass is 354 g/mol. The third-order valence-electron chi connectivity index (χ3n) is 7.02. The van der Waals surface area contributed by atoms with Gasteiger partial charge in [0.15, 0.2) is 0 Å². The van der Waals surface area contributed by atoms with Crippen LogP contribution >= 0.6 is 0 Å². The molecule has 0 heterocycles. The molecular formula is C23H40F2. The summed E-state index contributed by atoms with van der Waals surface area (Å²) in [4.78, 5) is 0. The average molecular weight is 355 g/mol. The van der Waals surface area contributed by atoms with Crippen molar-refractivity contribution in [3.05, 3.63) is 12.2 Å². The van der Waals surface area contributed by atoms with Crippen LogP contribution < -0.4 is 0 Å². The Morgan fingerprint density at radius 3 is 1.80 bits per heavy atom. The van der Waals surface area contributed by atoms with Crippen molar-refractivity contribution in [2.45, 2.75) is 110 Å². The topological polar surface area (TPSA) is 0 Å². The Morgan fingerprint density at radius 2 is 1.24 bits per heavy atom. The molecule has 2 saturated carbocycles. The van der Waals surface area contributed by atoms with Gasteiger partial charge in [0.2, 0.25) is 0 Å². The fraction of sp³-hybridized carbons (Fsp3) is 0.913. The van der Waals surface area contributed by atoms with Gasteiger partial charge in [-0.3, -0.25) is 0 Å². The third kappa shape index (κ3) is 8.22. The highest BCUT2D eigenvalue weighted by atomic mass is 19.3. The van der Waals surface area contributed by atoms with Crippen LogP contribution in [-0.4, -0.2) is 0 Å². The van der Waals surface area contributed by atoms with Crippen molar-refractivity contribution < 1.29 is 8.78 Å². The molecule has 0 radical (unpaired) electrons. The Morgan fingerprint density at radius 1 is 0.720 bits per heavy atom. The molecule has 0 N–H and O–H groups in total. The third-order valence-corrected chi connectivity index (χ3v) is 7.02. The van der Waals surface area contributed by atoms with Crippen LogP contribution in [0.4, 0.5) is 8.78 Å². The number of rotatable bonds is 10. The smallest absolute Gasteiger partial charge is 0.174 e. The van der Waals surface area contributed by atoms with Gasteiger partial charge in [-0.2, -0.15) is 8.78 Å². The number of halogens is 2. The Labute approximate surface area is 154 Å². The Balaban J connectivity index is 1.54. The molecule has 0 spiro atoms. The number of unbranched alkanes of at least 4 members (excludes halogenated alkanes) is 5. The average Bonchev–Trinajstić information content (AvgIpc) is 2.64. The zero-order valence-corrected chi connectivity index (χ0v) is 16.5. The molecule has 2 aliphatic carbocycles. The van der Waals surface area contributed by atoms with Crippen LogP contribution in [0, 0.1) is 23.7 Å². The van der Waals surface area contributed by atoms with Crippen molar-refractivity contribution in [1.29, 1.82) is 0 Å². The molecule has 0 aromatic carbocycles. The molecular weight excluding hydrogens is 314 g/mol. The lowest BCUT2D eigenvalue weighted by Gasteiger charge is -2.37. The van der Waals surface area contributed by atoms with E-state index in [0.717, 1.165) is 23.8 Å². The van der Waals surface area contributed by atoms with E-state index in [1.807, 2.05) is 0 Å². The first kappa shape index (κ1) is 20.9. The standard InChI is InChI=1S/C23H40F2/c1-2-3-4-5-6-7-8-19-9-14-21(15-10-19)22-16-11-20(12-17-22)13-18-23(24)25/h18-22H,2-17H2,1H3/t19-,20?,21-,22?. The lowest BCUT2D eigenvalue weighted by molar-refractivity contribution is 0.143. The summed E-state index contributed by atoms with van der Waals surface area (Å²) >= 11 is 0. The second kappa shape index (κ2) is 12.1. The fourth-order valence-corrected chi connectivity index (χ4v) is 5.31. The van der Waals surface area contributed by atoms with Crippen molar-refractivity contribution in [3.8, 4) is 0 Å². The van der Waals surface area contributed by atoms with Crippen LogP contribution in [0.15, 0.2) is 12.2 Å². The summed E-state index contributed by atoms with van der Waals surface area (Å²) in [7, 11) is 0. The molecule has 0 atom stereocenters. The first-order valence-corrected chi connectivity index (χ1v) is 11.2. The summed E-state index contributed by atoms with van der Waals surface area (Å²) in [6.45, 7) is 2.28. The van der Waals surface area contributed by atoms with Crippen molar-refractivity contribution in [2.75, 3.05) is 0 Å². The molecule has 0 aromatic heterocycles. The van der Waals surface area contributed by atoms with E-state index in [9.17, 15) is 8.78 Å². The molecule has 0 aromatic rings. The maximum absolute atomic E-state index is 12.2. The van der Waals surface area contributed by atoms with Gasteiger partial charge in [0, 0.05) is 0 Å².